The summed E-state index contributed by atoms with van der Waals surface area (Å²) >= 11 is 5.41. The predicted octanol–water partition coefficient (Wildman–Crippen LogP) is 5.62. The number of thiophene rings is 4. The molecule has 2 aliphatic rings. The lowest BCUT2D eigenvalue weighted by Crippen LogP contribution is -2.06. The van der Waals surface area contributed by atoms with E-state index in [-0.39, 0.29) is 23.0 Å². The van der Waals surface area contributed by atoms with Crippen LogP contribution in [0.15, 0.2) is 58.6 Å². The average Bonchev–Trinajstić information content (AvgIpc) is 3.75. The van der Waals surface area contributed by atoms with Gasteiger partial charge in [0.25, 0.3) is 11.4 Å². The molecule has 0 spiro atoms. The van der Waals surface area contributed by atoms with Crippen LogP contribution >= 0.6 is 45.3 Å². The molecule has 4 aromatic heterocycles. The number of Topliss-reactive ketones (excluding diaryl/α,β-unsaturated/α-hetero) is 2. The molecule has 10 heteroatoms. The predicted molar refractivity (Wildman–Crippen MR) is 148 cm³/mol. The van der Waals surface area contributed by atoms with Crippen molar-refractivity contribution in [2.45, 2.75) is 0 Å². The summed E-state index contributed by atoms with van der Waals surface area (Å²) in [6, 6.07) is 14.7. The topological polar surface area (TPSA) is 90.4 Å². The van der Waals surface area contributed by atoms with Crippen molar-refractivity contribution in [3.8, 4) is 12.1 Å². The zero-order chi connectivity index (χ0) is 26.6. The van der Waals surface area contributed by atoms with Crippen molar-refractivity contribution in [3.63, 3.8) is 0 Å². The van der Waals surface area contributed by atoms with Crippen LogP contribution < -0.4 is 9.06 Å². The molecule has 6 rings (SSSR count). The van der Waals surface area contributed by atoms with Crippen LogP contribution in [-0.4, -0.2) is 11.6 Å². The van der Waals surface area contributed by atoms with E-state index < -0.39 is 0 Å². The summed E-state index contributed by atoms with van der Waals surface area (Å²) in [5.41, 5.74) is 2.26. The fraction of sp³-hybridized carbons (Fsp3) is 0. The van der Waals surface area contributed by atoms with E-state index in [0.29, 0.717) is 52.2 Å². The quantitative estimate of drug-likeness (QED) is 0.206. The molecule has 0 saturated carbocycles. The highest BCUT2D eigenvalue weighted by Crippen LogP contribution is 2.44. The normalized spacial score (nSPS) is 20.2. The molecular formula is C28H8N4O2S4. The molecule has 0 amide bonds. The van der Waals surface area contributed by atoms with Crippen molar-refractivity contribution >= 4 is 79.2 Å². The van der Waals surface area contributed by atoms with Gasteiger partial charge >= 0.3 is 0 Å². The minimum absolute atomic E-state index is 0.112. The summed E-state index contributed by atoms with van der Waals surface area (Å²) in [4.78, 5) is 34.5. The van der Waals surface area contributed by atoms with Crippen LogP contribution in [0.4, 0.5) is 0 Å². The number of nitrogens with zero attached hydrogens (tertiary/aromatic N) is 4. The summed E-state index contributed by atoms with van der Waals surface area (Å²) in [6.45, 7) is 14.9. The maximum atomic E-state index is 13.2. The monoisotopic (exact) mass is 560 g/mol. The fourth-order valence-corrected chi connectivity index (χ4v) is 8.58. The van der Waals surface area contributed by atoms with Crippen LogP contribution in [0, 0.1) is 44.9 Å². The van der Waals surface area contributed by atoms with Crippen molar-refractivity contribution < 1.29 is 9.59 Å². The van der Waals surface area contributed by atoms with Crippen molar-refractivity contribution in [1.82, 2.24) is 0 Å². The molecule has 0 N–H and O–H groups in total. The van der Waals surface area contributed by atoms with Gasteiger partial charge in [-0.2, -0.15) is 0 Å². The number of fused-ring (bicyclic) bond motifs is 2. The Labute approximate surface area is 230 Å². The zero-order valence-electron chi connectivity index (χ0n) is 18.9. The fourth-order valence-electron chi connectivity index (χ4n) is 4.49. The molecule has 0 aliphatic heterocycles. The Morgan fingerprint density at radius 1 is 0.658 bits per heavy atom. The third-order valence-electron chi connectivity index (χ3n) is 6.08. The smallest absolute Gasteiger partial charge is 0.271 e. The van der Waals surface area contributed by atoms with Crippen molar-refractivity contribution in [2.75, 3.05) is 0 Å². The minimum atomic E-state index is -0.205. The Balaban J connectivity index is 1.62. The molecule has 6 nitrogen and oxygen atoms in total. The lowest BCUT2D eigenvalue weighted by atomic mass is 10.1. The van der Waals surface area contributed by atoms with Gasteiger partial charge in [-0.15, -0.1) is 45.3 Å². The summed E-state index contributed by atoms with van der Waals surface area (Å²) in [7, 11) is 0. The standard InChI is InChI=1S/C28H8N4O2S4/c1-31-15(11-29)21-23(25(33)13-7-9-35-27(13)21)19-5-3-17(37-19)18-4-6-20(38-18)24-22(16(12-30)32-2)28-14(26(24)34)8-10-36-28/h3-10H/b18-17+,21-15-,22-16+,23-19-,24-20-. The van der Waals surface area contributed by atoms with Gasteiger partial charge in [0, 0.05) is 61.3 Å². The van der Waals surface area contributed by atoms with Gasteiger partial charge in [0.2, 0.25) is 0 Å². The molecule has 0 atom stereocenters. The van der Waals surface area contributed by atoms with Gasteiger partial charge in [-0.1, -0.05) is 0 Å². The molecule has 0 saturated heterocycles. The van der Waals surface area contributed by atoms with E-state index >= 15 is 0 Å². The maximum Gasteiger partial charge on any atom is 0.271 e. The lowest BCUT2D eigenvalue weighted by Gasteiger charge is -1.99. The Morgan fingerprint density at radius 2 is 1.05 bits per heavy atom. The van der Waals surface area contributed by atoms with Gasteiger partial charge in [0.05, 0.1) is 25.3 Å². The SMILES string of the molecule is [C-]#[N+]/C(C#N)=C1/C(=c2\cc/c(=c3/cc/c(=C4/C(=O)c5ccsc5/C4=C(\C#N)[N+]#[C-])s3)s2)C(=O)c2ccsc21. The second-order valence-corrected chi connectivity index (χ2v) is 12.0. The minimum Gasteiger partial charge on any atom is -0.289 e. The largest absolute Gasteiger partial charge is 0.289 e. The zero-order valence-corrected chi connectivity index (χ0v) is 22.1. The molecule has 0 bridgehead atoms. The third-order valence-corrected chi connectivity index (χ3v) is 10.3. The van der Waals surface area contributed by atoms with Crippen molar-refractivity contribution in [2.24, 2.45) is 0 Å². The van der Waals surface area contributed by atoms with Crippen molar-refractivity contribution in [1.29, 1.82) is 10.5 Å². The Kier molecular flexibility index (Phi) is 5.62. The van der Waals surface area contributed by atoms with E-state index in [4.69, 9.17) is 13.1 Å². The van der Waals surface area contributed by atoms with E-state index in [1.807, 2.05) is 36.4 Å². The first-order valence-corrected chi connectivity index (χ1v) is 14.2. The van der Waals surface area contributed by atoms with Crippen molar-refractivity contribution in [3.05, 3.63) is 120 Å². The number of ketones is 2. The first-order valence-electron chi connectivity index (χ1n) is 10.8. The maximum absolute atomic E-state index is 13.2. The van der Waals surface area contributed by atoms with Crippen LogP contribution in [0.5, 0.6) is 0 Å². The number of rotatable bonds is 0. The van der Waals surface area contributed by atoms with Crippen LogP contribution in [0.25, 0.3) is 32.0 Å². The molecule has 0 unspecified atom stereocenters. The van der Waals surface area contributed by atoms with Crippen LogP contribution in [0.3, 0.4) is 0 Å². The first-order chi connectivity index (χ1) is 18.5. The van der Waals surface area contributed by atoms with Gasteiger partial charge in [-0.05, 0) is 47.2 Å². The van der Waals surface area contributed by atoms with Gasteiger partial charge in [-0.3, -0.25) is 9.59 Å². The average molecular weight is 561 g/mol. The summed E-state index contributed by atoms with van der Waals surface area (Å²) < 4.78 is 3.01. The summed E-state index contributed by atoms with van der Waals surface area (Å²) in [5.74, 6) is -0.409. The van der Waals surface area contributed by atoms with E-state index in [1.54, 1.807) is 22.9 Å². The molecule has 0 radical (unpaired) electrons. The molecular weight excluding hydrogens is 553 g/mol. The van der Waals surface area contributed by atoms with Gasteiger partial charge in [-0.25, -0.2) is 20.2 Å². The molecule has 38 heavy (non-hydrogen) atoms. The summed E-state index contributed by atoms with van der Waals surface area (Å²) in [5, 5.41) is 22.7. The summed E-state index contributed by atoms with van der Waals surface area (Å²) in [6.07, 6.45) is 0. The number of carbonyl (C=O) groups excluding carboxylic acids is 2. The van der Waals surface area contributed by atoms with E-state index in [1.165, 1.54) is 45.3 Å². The highest BCUT2D eigenvalue weighted by Gasteiger charge is 2.35. The Bertz CT molecular complexity index is 2030. The molecule has 176 valence electrons. The van der Waals surface area contributed by atoms with Gasteiger partial charge in [0.1, 0.15) is 0 Å². The van der Waals surface area contributed by atoms with Gasteiger partial charge < -0.3 is 0 Å². The number of hydrogen-bond acceptors (Lipinski definition) is 8. The lowest BCUT2D eigenvalue weighted by molar-refractivity contribution is 0.105. The number of carbonyl (C=O) groups is 2. The van der Waals surface area contributed by atoms with Crippen LogP contribution in [-0.2, 0) is 0 Å². The van der Waals surface area contributed by atoms with E-state index in [2.05, 4.69) is 9.69 Å². The highest BCUT2D eigenvalue weighted by atomic mass is 32.1. The van der Waals surface area contributed by atoms with Gasteiger partial charge in [0.15, 0.2) is 11.6 Å². The molecule has 0 fully saturated rings. The molecule has 4 aromatic rings. The number of hydrogen-bond donors (Lipinski definition) is 0. The Hall–Kier alpha value is -4.68. The molecule has 0 aromatic carbocycles. The number of allylic oxidation sites excluding steroid dienone is 4. The van der Waals surface area contributed by atoms with Crippen LogP contribution in [0.1, 0.15) is 30.5 Å². The second-order valence-electron chi connectivity index (χ2n) is 7.96. The highest BCUT2D eigenvalue weighted by molar-refractivity contribution is 7.14. The Morgan fingerprint density at radius 3 is 1.42 bits per heavy atom. The third kappa shape index (κ3) is 3.31. The van der Waals surface area contributed by atoms with Crippen LogP contribution in [0.2, 0.25) is 0 Å². The van der Waals surface area contributed by atoms with E-state index in [9.17, 15) is 20.1 Å². The molecule has 2 aliphatic carbocycles. The molecule has 4 heterocycles. The first kappa shape index (κ1) is 23.7. The second kappa shape index (κ2) is 9.01. The number of nitriles is 2. The van der Waals surface area contributed by atoms with E-state index in [0.717, 1.165) is 9.06 Å².